The van der Waals surface area contributed by atoms with Crippen LogP contribution in [0.25, 0.3) is 0 Å². The fourth-order valence-corrected chi connectivity index (χ4v) is 1.56. The number of fused-ring (bicyclic) bond motifs is 1. The minimum atomic E-state index is -0.926. The van der Waals surface area contributed by atoms with E-state index in [-0.39, 0.29) is 11.1 Å². The SMILES string of the molecule is O=C1OC(=O)c2c(F)cc(Br)cc21. The Morgan fingerprint density at radius 3 is 2.62 bits per heavy atom. The number of esters is 2. The molecule has 0 fully saturated rings. The summed E-state index contributed by atoms with van der Waals surface area (Å²) in [5.41, 5.74) is -0.315. The van der Waals surface area contributed by atoms with Crippen LogP contribution in [0.1, 0.15) is 20.7 Å². The molecule has 1 aromatic carbocycles. The number of cyclic esters (lactones) is 2. The molecule has 0 aromatic heterocycles. The van der Waals surface area contributed by atoms with Gasteiger partial charge in [0.05, 0.1) is 5.56 Å². The lowest BCUT2D eigenvalue weighted by molar-refractivity contribution is 0.0442. The number of ether oxygens (including phenoxy) is 1. The summed E-state index contributed by atoms with van der Waals surface area (Å²) in [4.78, 5) is 21.9. The molecular weight excluding hydrogens is 243 g/mol. The highest BCUT2D eigenvalue weighted by atomic mass is 79.9. The largest absolute Gasteiger partial charge is 0.386 e. The first-order valence-electron chi connectivity index (χ1n) is 3.35. The van der Waals surface area contributed by atoms with Crippen molar-refractivity contribution in [2.45, 2.75) is 0 Å². The highest BCUT2D eigenvalue weighted by Gasteiger charge is 2.33. The van der Waals surface area contributed by atoms with Crippen LogP contribution in [0.5, 0.6) is 0 Å². The molecule has 5 heteroatoms. The van der Waals surface area contributed by atoms with Crippen molar-refractivity contribution in [2.75, 3.05) is 0 Å². The van der Waals surface area contributed by atoms with Crippen molar-refractivity contribution in [1.29, 1.82) is 0 Å². The van der Waals surface area contributed by atoms with Gasteiger partial charge in [-0.15, -0.1) is 0 Å². The average molecular weight is 245 g/mol. The quantitative estimate of drug-likeness (QED) is 0.517. The van der Waals surface area contributed by atoms with E-state index in [0.29, 0.717) is 4.47 Å². The fourth-order valence-electron chi connectivity index (χ4n) is 1.13. The van der Waals surface area contributed by atoms with Crippen LogP contribution < -0.4 is 0 Å². The van der Waals surface area contributed by atoms with Gasteiger partial charge >= 0.3 is 11.9 Å². The highest BCUT2D eigenvalue weighted by molar-refractivity contribution is 9.10. The zero-order valence-electron chi connectivity index (χ0n) is 6.14. The van der Waals surface area contributed by atoms with Gasteiger partial charge in [-0.1, -0.05) is 15.9 Å². The molecule has 3 nitrogen and oxygen atoms in total. The number of carbonyl (C=O) groups is 2. The summed E-state index contributed by atoms with van der Waals surface area (Å²) >= 11 is 3.00. The third-order valence-electron chi connectivity index (χ3n) is 1.66. The number of hydrogen-bond acceptors (Lipinski definition) is 3. The van der Waals surface area contributed by atoms with Gasteiger partial charge in [0, 0.05) is 4.47 Å². The van der Waals surface area contributed by atoms with Gasteiger partial charge in [0.15, 0.2) is 0 Å². The number of hydrogen-bond donors (Lipinski definition) is 0. The number of carbonyl (C=O) groups excluding carboxylic acids is 2. The van der Waals surface area contributed by atoms with Crippen LogP contribution in [-0.4, -0.2) is 11.9 Å². The molecule has 0 radical (unpaired) electrons. The molecular formula is C8H2BrFO3. The van der Waals surface area contributed by atoms with Gasteiger partial charge in [0.2, 0.25) is 0 Å². The molecule has 0 saturated carbocycles. The molecule has 0 saturated heterocycles. The van der Waals surface area contributed by atoms with E-state index in [0.717, 1.165) is 6.07 Å². The molecule has 1 heterocycles. The summed E-state index contributed by atoms with van der Waals surface area (Å²) in [5.74, 6) is -2.48. The third-order valence-corrected chi connectivity index (χ3v) is 2.12. The van der Waals surface area contributed by atoms with Gasteiger partial charge < -0.3 is 4.74 Å². The van der Waals surface area contributed by atoms with Crippen LogP contribution in [0.3, 0.4) is 0 Å². The van der Waals surface area contributed by atoms with Crippen molar-refractivity contribution in [2.24, 2.45) is 0 Å². The standard InChI is InChI=1S/C8H2BrFO3/c9-3-1-4-6(5(10)2-3)8(12)13-7(4)11/h1-2H. The summed E-state index contributed by atoms with van der Waals surface area (Å²) in [7, 11) is 0. The van der Waals surface area contributed by atoms with Crippen molar-refractivity contribution >= 4 is 27.9 Å². The highest BCUT2D eigenvalue weighted by Crippen LogP contribution is 2.26. The van der Waals surface area contributed by atoms with Gasteiger partial charge in [-0.3, -0.25) is 0 Å². The first-order chi connectivity index (χ1) is 6.09. The average Bonchev–Trinajstić information content (AvgIpc) is 2.27. The van der Waals surface area contributed by atoms with E-state index in [1.165, 1.54) is 6.07 Å². The zero-order chi connectivity index (χ0) is 9.59. The van der Waals surface area contributed by atoms with Crippen molar-refractivity contribution in [1.82, 2.24) is 0 Å². The molecule has 13 heavy (non-hydrogen) atoms. The topological polar surface area (TPSA) is 43.4 Å². The number of halogens is 2. The zero-order valence-corrected chi connectivity index (χ0v) is 7.72. The Balaban J connectivity index is 2.77. The maximum absolute atomic E-state index is 13.1. The van der Waals surface area contributed by atoms with Gasteiger partial charge in [-0.2, -0.15) is 0 Å². The Kier molecular flexibility index (Phi) is 1.69. The predicted molar refractivity (Wildman–Crippen MR) is 43.8 cm³/mol. The molecule has 0 unspecified atom stereocenters. The second-order valence-electron chi connectivity index (χ2n) is 2.49. The minimum Gasteiger partial charge on any atom is -0.386 e. The van der Waals surface area contributed by atoms with Gasteiger partial charge in [0.25, 0.3) is 0 Å². The Morgan fingerprint density at radius 1 is 1.23 bits per heavy atom. The Bertz CT molecular complexity index is 428. The lowest BCUT2D eigenvalue weighted by Crippen LogP contribution is -1.98. The van der Waals surface area contributed by atoms with Gasteiger partial charge in [-0.05, 0) is 12.1 Å². The monoisotopic (exact) mass is 244 g/mol. The second kappa shape index (κ2) is 2.63. The van der Waals surface area contributed by atoms with Crippen molar-refractivity contribution in [3.05, 3.63) is 33.5 Å². The molecule has 0 bridgehead atoms. The van der Waals surface area contributed by atoms with E-state index in [1.54, 1.807) is 0 Å². The Labute approximate surface area is 80.6 Å². The van der Waals surface area contributed by atoms with E-state index in [2.05, 4.69) is 20.7 Å². The Hall–Kier alpha value is -1.23. The molecule has 2 rings (SSSR count). The van der Waals surface area contributed by atoms with Crippen LogP contribution in [0.4, 0.5) is 4.39 Å². The van der Waals surface area contributed by atoms with Crippen molar-refractivity contribution in [3.8, 4) is 0 Å². The molecule has 0 aliphatic carbocycles. The van der Waals surface area contributed by atoms with E-state index < -0.39 is 17.8 Å². The van der Waals surface area contributed by atoms with Gasteiger partial charge in [-0.25, -0.2) is 14.0 Å². The lowest BCUT2D eigenvalue weighted by atomic mass is 10.1. The molecule has 0 amide bonds. The van der Waals surface area contributed by atoms with Crippen LogP contribution in [-0.2, 0) is 4.74 Å². The maximum atomic E-state index is 13.1. The van der Waals surface area contributed by atoms with Crippen molar-refractivity contribution < 1.29 is 18.7 Å². The van der Waals surface area contributed by atoms with E-state index in [4.69, 9.17) is 0 Å². The minimum absolute atomic E-state index is 0.0307. The molecule has 0 atom stereocenters. The van der Waals surface area contributed by atoms with Crippen LogP contribution in [0, 0.1) is 5.82 Å². The first-order valence-corrected chi connectivity index (χ1v) is 4.14. The lowest BCUT2D eigenvalue weighted by Gasteiger charge is -1.95. The molecule has 0 spiro atoms. The summed E-state index contributed by atoms with van der Waals surface area (Å²) in [6, 6.07) is 2.46. The summed E-state index contributed by atoms with van der Waals surface area (Å²) in [6.45, 7) is 0. The van der Waals surface area contributed by atoms with Gasteiger partial charge in [0.1, 0.15) is 11.4 Å². The number of benzene rings is 1. The van der Waals surface area contributed by atoms with E-state index in [1.807, 2.05) is 0 Å². The summed E-state index contributed by atoms with van der Waals surface area (Å²) in [5, 5.41) is 0. The molecule has 0 N–H and O–H groups in total. The first kappa shape index (κ1) is 8.37. The second-order valence-corrected chi connectivity index (χ2v) is 3.40. The smallest absolute Gasteiger partial charge is 0.349 e. The predicted octanol–water partition coefficient (Wildman–Crippen LogP) is 1.90. The van der Waals surface area contributed by atoms with Crippen molar-refractivity contribution in [3.63, 3.8) is 0 Å². The third kappa shape index (κ3) is 1.16. The van der Waals surface area contributed by atoms with E-state index in [9.17, 15) is 14.0 Å². The Morgan fingerprint density at radius 2 is 1.92 bits per heavy atom. The fraction of sp³-hybridized carbons (Fsp3) is 0. The normalized spacial score (nSPS) is 14.3. The van der Waals surface area contributed by atoms with Crippen LogP contribution in [0.2, 0.25) is 0 Å². The molecule has 66 valence electrons. The number of rotatable bonds is 0. The van der Waals surface area contributed by atoms with Crippen LogP contribution in [0.15, 0.2) is 16.6 Å². The molecule has 1 aliphatic rings. The maximum Gasteiger partial charge on any atom is 0.349 e. The van der Waals surface area contributed by atoms with E-state index >= 15 is 0 Å². The molecule has 1 aromatic rings. The molecule has 1 aliphatic heterocycles. The summed E-state index contributed by atoms with van der Waals surface area (Å²) < 4.78 is 17.7. The summed E-state index contributed by atoms with van der Waals surface area (Å²) in [6.07, 6.45) is 0. The van der Waals surface area contributed by atoms with Crippen LogP contribution >= 0.6 is 15.9 Å².